The summed E-state index contributed by atoms with van der Waals surface area (Å²) in [4.78, 5) is 13.8. The minimum Gasteiger partial charge on any atom is -0.508 e. The van der Waals surface area contributed by atoms with E-state index in [9.17, 15) is 9.50 Å². The van der Waals surface area contributed by atoms with Crippen LogP contribution in [0.5, 0.6) is 5.75 Å². The molecule has 0 bridgehead atoms. The molecule has 0 unspecified atom stereocenters. The Morgan fingerprint density at radius 2 is 1.61 bits per heavy atom. The number of fused-ring (bicyclic) bond motifs is 1. The van der Waals surface area contributed by atoms with Crippen LogP contribution in [0.4, 0.5) is 27.7 Å². The van der Waals surface area contributed by atoms with Crippen molar-refractivity contribution in [2.45, 2.75) is 18.9 Å². The first kappa shape index (κ1) is 19.3. The van der Waals surface area contributed by atoms with Gasteiger partial charge in [-0.2, -0.15) is 4.98 Å². The zero-order valence-electron chi connectivity index (χ0n) is 16.6. The van der Waals surface area contributed by atoms with Gasteiger partial charge >= 0.3 is 0 Å². The number of phenols is 1. The van der Waals surface area contributed by atoms with Gasteiger partial charge in [-0.1, -0.05) is 0 Å². The van der Waals surface area contributed by atoms with Crippen LogP contribution in [0.3, 0.4) is 0 Å². The first-order valence-corrected chi connectivity index (χ1v) is 10.1. The number of nitrogens with zero attached hydrogens (tertiary/aromatic N) is 4. The monoisotopic (exact) mass is 420 g/mol. The number of imidazole rings is 1. The number of nitrogens with one attached hydrogen (secondary N) is 2. The Morgan fingerprint density at radius 3 is 2.35 bits per heavy atom. The second kappa shape index (κ2) is 8.19. The van der Waals surface area contributed by atoms with Gasteiger partial charge in [-0.15, -0.1) is 0 Å². The standard InChI is InChI=1S/C22H21FN6O2/c23-14-1-3-16(4-2-14)26-22-27-19-13-24-21(25-15-5-7-18(30)8-6-15)28-20(19)29(22)17-9-11-31-12-10-17/h1-8,13,17,30H,9-12H2,(H,26,27)(H,24,25,28). The fraction of sp³-hybridized carbons (Fsp3) is 0.227. The number of benzene rings is 2. The smallest absolute Gasteiger partial charge is 0.229 e. The van der Waals surface area contributed by atoms with Crippen molar-refractivity contribution in [2.75, 3.05) is 23.8 Å². The number of aromatic nitrogens is 4. The highest BCUT2D eigenvalue weighted by molar-refractivity contribution is 5.77. The minimum absolute atomic E-state index is 0.165. The quantitative estimate of drug-likeness (QED) is 0.409. The maximum Gasteiger partial charge on any atom is 0.229 e. The van der Waals surface area contributed by atoms with Gasteiger partial charge in [0.25, 0.3) is 0 Å². The molecule has 158 valence electrons. The summed E-state index contributed by atoms with van der Waals surface area (Å²) in [7, 11) is 0. The van der Waals surface area contributed by atoms with Gasteiger partial charge in [-0.25, -0.2) is 14.4 Å². The van der Waals surface area contributed by atoms with Crippen LogP contribution in [-0.4, -0.2) is 37.8 Å². The van der Waals surface area contributed by atoms with E-state index in [0.29, 0.717) is 36.3 Å². The predicted molar refractivity (Wildman–Crippen MR) is 115 cm³/mol. The van der Waals surface area contributed by atoms with Crippen LogP contribution in [0, 0.1) is 5.82 Å². The molecule has 0 amide bonds. The lowest BCUT2D eigenvalue weighted by atomic mass is 10.1. The van der Waals surface area contributed by atoms with Gasteiger partial charge in [-0.3, -0.25) is 4.57 Å². The predicted octanol–water partition coefficient (Wildman–Crippen LogP) is 4.51. The Morgan fingerprint density at radius 1 is 0.935 bits per heavy atom. The number of halogens is 1. The van der Waals surface area contributed by atoms with Crippen LogP contribution in [0.2, 0.25) is 0 Å². The third kappa shape index (κ3) is 4.13. The maximum absolute atomic E-state index is 13.3. The molecule has 1 saturated heterocycles. The van der Waals surface area contributed by atoms with Gasteiger partial charge < -0.3 is 20.5 Å². The lowest BCUT2D eigenvalue weighted by Gasteiger charge is -2.25. The van der Waals surface area contributed by atoms with Crippen molar-refractivity contribution < 1.29 is 14.2 Å². The summed E-state index contributed by atoms with van der Waals surface area (Å²) < 4.78 is 20.9. The lowest BCUT2D eigenvalue weighted by Crippen LogP contribution is -2.21. The first-order chi connectivity index (χ1) is 15.2. The summed E-state index contributed by atoms with van der Waals surface area (Å²) in [5, 5.41) is 15.9. The molecule has 9 heteroatoms. The second-order valence-electron chi connectivity index (χ2n) is 7.36. The third-order valence-corrected chi connectivity index (χ3v) is 5.21. The van der Waals surface area contributed by atoms with Crippen molar-refractivity contribution >= 4 is 34.4 Å². The molecule has 0 radical (unpaired) electrons. The number of ether oxygens (including phenoxy) is 1. The number of hydrogen-bond donors (Lipinski definition) is 3. The van der Waals surface area contributed by atoms with E-state index < -0.39 is 0 Å². The number of anilines is 4. The van der Waals surface area contributed by atoms with E-state index in [1.807, 2.05) is 0 Å². The Labute approximate surface area is 177 Å². The first-order valence-electron chi connectivity index (χ1n) is 10.1. The van der Waals surface area contributed by atoms with Crippen LogP contribution in [-0.2, 0) is 4.74 Å². The second-order valence-corrected chi connectivity index (χ2v) is 7.36. The van der Waals surface area contributed by atoms with Crippen molar-refractivity contribution in [1.29, 1.82) is 0 Å². The average Bonchev–Trinajstić information content (AvgIpc) is 3.14. The van der Waals surface area contributed by atoms with Crippen molar-refractivity contribution in [3.63, 3.8) is 0 Å². The molecule has 1 aliphatic heterocycles. The van der Waals surface area contributed by atoms with Crippen LogP contribution < -0.4 is 10.6 Å². The van der Waals surface area contributed by atoms with Crippen LogP contribution in [0.15, 0.2) is 54.7 Å². The third-order valence-electron chi connectivity index (χ3n) is 5.21. The minimum atomic E-state index is -0.292. The van der Waals surface area contributed by atoms with E-state index in [1.165, 1.54) is 12.1 Å². The van der Waals surface area contributed by atoms with Gasteiger partial charge in [0.15, 0.2) is 5.65 Å². The molecule has 4 aromatic rings. The van der Waals surface area contributed by atoms with Gasteiger partial charge in [0.1, 0.15) is 17.1 Å². The number of aromatic hydroxyl groups is 1. The van der Waals surface area contributed by atoms with E-state index in [1.54, 1.807) is 42.6 Å². The van der Waals surface area contributed by atoms with E-state index in [2.05, 4.69) is 20.2 Å². The number of hydrogen-bond acceptors (Lipinski definition) is 7. The van der Waals surface area contributed by atoms with E-state index in [-0.39, 0.29) is 17.6 Å². The molecule has 1 aliphatic rings. The Hall–Kier alpha value is -3.72. The summed E-state index contributed by atoms with van der Waals surface area (Å²) in [6.45, 7) is 1.34. The van der Waals surface area contributed by atoms with E-state index in [0.717, 1.165) is 24.2 Å². The number of rotatable bonds is 5. The zero-order valence-corrected chi connectivity index (χ0v) is 16.6. The number of phenolic OH excluding ortho intramolecular Hbond substituents is 1. The molecular formula is C22H21FN6O2. The molecule has 0 atom stereocenters. The van der Waals surface area contributed by atoms with E-state index >= 15 is 0 Å². The SMILES string of the molecule is Oc1ccc(Nc2ncc3nc(Nc4ccc(F)cc4)n(C4CCOCC4)c3n2)cc1. The maximum atomic E-state index is 13.3. The summed E-state index contributed by atoms with van der Waals surface area (Å²) in [6, 6.07) is 13.0. The van der Waals surface area contributed by atoms with Crippen molar-refractivity contribution in [2.24, 2.45) is 0 Å². The summed E-state index contributed by atoms with van der Waals surface area (Å²) in [5.74, 6) is 0.958. The Kier molecular flexibility index (Phi) is 5.09. The topological polar surface area (TPSA) is 97.1 Å². The molecule has 3 heterocycles. The molecule has 5 rings (SSSR count). The van der Waals surface area contributed by atoms with Crippen LogP contribution >= 0.6 is 0 Å². The highest BCUT2D eigenvalue weighted by atomic mass is 19.1. The summed E-state index contributed by atoms with van der Waals surface area (Å²) in [5.41, 5.74) is 2.86. The largest absolute Gasteiger partial charge is 0.508 e. The molecule has 1 fully saturated rings. The summed E-state index contributed by atoms with van der Waals surface area (Å²) in [6.07, 6.45) is 3.36. The molecule has 0 spiro atoms. The van der Waals surface area contributed by atoms with Crippen LogP contribution in [0.1, 0.15) is 18.9 Å². The molecule has 0 saturated carbocycles. The average molecular weight is 420 g/mol. The molecular weight excluding hydrogens is 399 g/mol. The fourth-order valence-electron chi connectivity index (χ4n) is 3.66. The normalized spacial score (nSPS) is 14.6. The van der Waals surface area contributed by atoms with Gasteiger partial charge in [0.2, 0.25) is 11.9 Å². The summed E-state index contributed by atoms with van der Waals surface area (Å²) >= 11 is 0. The van der Waals surface area contributed by atoms with Gasteiger partial charge in [0.05, 0.1) is 6.20 Å². The lowest BCUT2D eigenvalue weighted by molar-refractivity contribution is 0.0710. The van der Waals surface area contributed by atoms with Gasteiger partial charge in [0, 0.05) is 30.6 Å². The zero-order chi connectivity index (χ0) is 21.2. The fourth-order valence-corrected chi connectivity index (χ4v) is 3.66. The van der Waals surface area contributed by atoms with Crippen molar-refractivity contribution in [3.05, 3.63) is 60.5 Å². The Bertz CT molecular complexity index is 1190. The molecule has 3 N–H and O–H groups in total. The highest BCUT2D eigenvalue weighted by Gasteiger charge is 2.23. The van der Waals surface area contributed by atoms with Crippen molar-refractivity contribution in [3.8, 4) is 5.75 Å². The Balaban J connectivity index is 1.53. The molecule has 31 heavy (non-hydrogen) atoms. The molecule has 8 nitrogen and oxygen atoms in total. The molecule has 0 aliphatic carbocycles. The van der Waals surface area contributed by atoms with Crippen molar-refractivity contribution in [1.82, 2.24) is 19.5 Å². The van der Waals surface area contributed by atoms with Gasteiger partial charge in [-0.05, 0) is 61.4 Å². The van der Waals surface area contributed by atoms with E-state index in [4.69, 9.17) is 14.7 Å². The highest BCUT2D eigenvalue weighted by Crippen LogP contribution is 2.31. The van der Waals surface area contributed by atoms with Crippen LogP contribution in [0.25, 0.3) is 11.2 Å². The molecule has 2 aromatic heterocycles. The molecule has 2 aromatic carbocycles.